The van der Waals surface area contributed by atoms with Gasteiger partial charge in [-0.1, -0.05) is 6.08 Å². The lowest BCUT2D eigenvalue weighted by Crippen LogP contribution is -2.14. The third-order valence-corrected chi connectivity index (χ3v) is 2.20. The van der Waals surface area contributed by atoms with Crippen LogP contribution >= 0.6 is 13.5 Å². The molecule has 20 heavy (non-hydrogen) atoms. The molecule has 0 aliphatic rings. The van der Waals surface area contributed by atoms with E-state index in [4.69, 9.17) is 24.1 Å². The Morgan fingerprint density at radius 3 is 1.85 bits per heavy atom. The number of carbonyl (C=O) groups is 1. The van der Waals surface area contributed by atoms with E-state index in [1.807, 2.05) is 0 Å². The molecule has 0 saturated carbocycles. The number of aliphatic hydroxyl groups is 1. The van der Waals surface area contributed by atoms with Gasteiger partial charge in [0.15, 0.2) is 0 Å². The van der Waals surface area contributed by atoms with E-state index in [9.17, 15) is 4.79 Å². The van der Waals surface area contributed by atoms with Crippen LogP contribution in [0.2, 0.25) is 0 Å². The van der Waals surface area contributed by atoms with Crippen LogP contribution in [0.4, 0.5) is 0 Å². The third-order valence-electron chi connectivity index (χ3n) is 2.20. The van der Waals surface area contributed by atoms with Gasteiger partial charge in [-0.15, -0.1) is 0 Å². The lowest BCUT2D eigenvalue weighted by molar-refractivity contribution is -0.140. The summed E-state index contributed by atoms with van der Waals surface area (Å²) in [4.78, 5) is 11.2. The molecule has 7 heteroatoms. The highest BCUT2D eigenvalue weighted by molar-refractivity contribution is 7.59. The van der Waals surface area contributed by atoms with Crippen LogP contribution in [0.1, 0.15) is 13.8 Å². The van der Waals surface area contributed by atoms with Crippen molar-refractivity contribution < 1.29 is 28.8 Å². The zero-order valence-corrected chi connectivity index (χ0v) is 13.2. The smallest absolute Gasteiger partial charge is 0.333 e. The third kappa shape index (κ3) is 13.8. The predicted octanol–water partition coefficient (Wildman–Crippen LogP) is 0.651. The minimum Gasteiger partial charge on any atom is -0.460 e. The fourth-order valence-corrected chi connectivity index (χ4v) is 1.03. The summed E-state index contributed by atoms with van der Waals surface area (Å²) in [6.07, 6.45) is 1.70. The number of hydrogen-bond donors (Lipinski definition) is 1. The van der Waals surface area contributed by atoms with Crippen molar-refractivity contribution in [1.82, 2.24) is 0 Å². The van der Waals surface area contributed by atoms with Crippen molar-refractivity contribution in [3.8, 4) is 0 Å². The van der Waals surface area contributed by atoms with Gasteiger partial charge in [0.2, 0.25) is 0 Å². The molecule has 0 aromatic rings. The molecule has 0 radical (unpaired) electrons. The van der Waals surface area contributed by atoms with Gasteiger partial charge in [-0.3, -0.25) is 0 Å². The van der Waals surface area contributed by atoms with E-state index in [0.29, 0.717) is 45.2 Å². The van der Waals surface area contributed by atoms with Crippen LogP contribution in [-0.4, -0.2) is 63.9 Å². The minimum atomic E-state index is -0.316. The Morgan fingerprint density at radius 2 is 1.40 bits per heavy atom. The summed E-state index contributed by atoms with van der Waals surface area (Å²) < 4.78 is 20.4. The molecule has 0 atom stereocenters. The van der Waals surface area contributed by atoms with Crippen molar-refractivity contribution in [1.29, 1.82) is 0 Å². The maximum Gasteiger partial charge on any atom is 0.333 e. The highest BCUT2D eigenvalue weighted by Gasteiger charge is 2.03. The highest BCUT2D eigenvalue weighted by atomic mass is 32.1. The first kappa shape index (κ1) is 21.7. The van der Waals surface area contributed by atoms with E-state index < -0.39 is 0 Å². The van der Waals surface area contributed by atoms with Gasteiger partial charge in [-0.05, 0) is 13.8 Å². The second-order valence-electron chi connectivity index (χ2n) is 3.67. The topological polar surface area (TPSA) is 74.2 Å². The van der Waals surface area contributed by atoms with Gasteiger partial charge in [-0.25, -0.2) is 4.79 Å². The van der Waals surface area contributed by atoms with Crippen molar-refractivity contribution in [2.45, 2.75) is 13.8 Å². The number of rotatable bonds is 12. The zero-order chi connectivity index (χ0) is 14.3. The quantitative estimate of drug-likeness (QED) is 0.324. The van der Waals surface area contributed by atoms with Gasteiger partial charge in [0.05, 0.1) is 46.2 Å². The van der Waals surface area contributed by atoms with Crippen molar-refractivity contribution in [3.05, 3.63) is 11.6 Å². The van der Waals surface area contributed by atoms with E-state index in [-0.39, 0.29) is 32.7 Å². The summed E-state index contributed by atoms with van der Waals surface area (Å²) in [5.74, 6) is -0.316. The van der Waals surface area contributed by atoms with Gasteiger partial charge < -0.3 is 24.1 Å². The van der Waals surface area contributed by atoms with Gasteiger partial charge in [-0.2, -0.15) is 13.5 Å². The molecular formula is C13H26O6S. The number of aliphatic hydroxyl groups excluding tert-OH is 1. The number of hydrogen-bond acceptors (Lipinski definition) is 6. The van der Waals surface area contributed by atoms with E-state index in [1.54, 1.807) is 19.9 Å². The Labute approximate surface area is 127 Å². The van der Waals surface area contributed by atoms with E-state index >= 15 is 0 Å². The van der Waals surface area contributed by atoms with Crippen LogP contribution in [0.15, 0.2) is 11.6 Å². The van der Waals surface area contributed by atoms with Crippen LogP contribution in [0.3, 0.4) is 0 Å². The first-order valence-electron chi connectivity index (χ1n) is 6.36. The molecule has 6 nitrogen and oxygen atoms in total. The second-order valence-corrected chi connectivity index (χ2v) is 3.67. The summed E-state index contributed by atoms with van der Waals surface area (Å²) in [5.41, 5.74) is 0.589. The molecule has 0 amide bonds. The first-order valence-corrected chi connectivity index (χ1v) is 6.36. The summed E-state index contributed by atoms with van der Waals surface area (Å²) in [6, 6.07) is 0. The molecule has 0 aromatic heterocycles. The van der Waals surface area contributed by atoms with Crippen LogP contribution < -0.4 is 0 Å². The Balaban J connectivity index is 0. The van der Waals surface area contributed by atoms with Gasteiger partial charge >= 0.3 is 5.97 Å². The molecule has 0 unspecified atom stereocenters. The average Bonchev–Trinajstić information content (AvgIpc) is 2.43. The molecule has 0 heterocycles. The molecule has 0 aliphatic carbocycles. The van der Waals surface area contributed by atoms with Gasteiger partial charge in [0, 0.05) is 5.57 Å². The molecule has 0 aromatic carbocycles. The van der Waals surface area contributed by atoms with Crippen molar-refractivity contribution >= 4 is 19.5 Å². The molecule has 0 saturated heterocycles. The first-order chi connectivity index (χ1) is 9.22. The summed E-state index contributed by atoms with van der Waals surface area (Å²) in [5, 5.41) is 8.45. The molecule has 0 rings (SSSR count). The standard InChI is InChI=1S/C13H24O6.H2S/c1-3-12(2)13(15)19-11-10-18-9-8-17-7-6-16-5-4-14;/h3,14H,4-11H2,1-2H3;1H2. The predicted molar refractivity (Wildman–Crippen MR) is 80.3 cm³/mol. The van der Waals surface area contributed by atoms with Crippen LogP contribution in [-0.2, 0) is 23.7 Å². The molecule has 0 aliphatic heterocycles. The molecule has 1 N–H and O–H groups in total. The number of carbonyl (C=O) groups excluding carboxylic acids is 1. The van der Waals surface area contributed by atoms with Crippen LogP contribution in [0.5, 0.6) is 0 Å². The molecule has 0 spiro atoms. The van der Waals surface area contributed by atoms with E-state index in [1.165, 1.54) is 0 Å². The Bertz CT molecular complexity index is 257. The minimum absolute atomic E-state index is 0. The van der Waals surface area contributed by atoms with Crippen molar-refractivity contribution in [2.24, 2.45) is 0 Å². The number of esters is 1. The zero-order valence-electron chi connectivity index (χ0n) is 12.2. The monoisotopic (exact) mass is 310 g/mol. The Hall–Kier alpha value is -0.600. The molecule has 120 valence electrons. The lowest BCUT2D eigenvalue weighted by atomic mass is 10.3. The Morgan fingerprint density at radius 1 is 0.950 bits per heavy atom. The summed E-state index contributed by atoms with van der Waals surface area (Å²) in [7, 11) is 0. The second kappa shape index (κ2) is 16.5. The van der Waals surface area contributed by atoms with Gasteiger partial charge in [0.25, 0.3) is 0 Å². The number of ether oxygens (including phenoxy) is 4. The van der Waals surface area contributed by atoms with E-state index in [0.717, 1.165) is 0 Å². The molecule has 0 fully saturated rings. The Kier molecular flexibility index (Phi) is 17.8. The van der Waals surface area contributed by atoms with Crippen molar-refractivity contribution in [2.75, 3.05) is 52.9 Å². The average molecular weight is 310 g/mol. The van der Waals surface area contributed by atoms with Gasteiger partial charge in [0.1, 0.15) is 6.61 Å². The summed E-state index contributed by atoms with van der Waals surface area (Å²) in [6.45, 7) is 6.27. The van der Waals surface area contributed by atoms with Crippen LogP contribution in [0.25, 0.3) is 0 Å². The molecule has 0 bridgehead atoms. The van der Waals surface area contributed by atoms with Crippen molar-refractivity contribution in [3.63, 3.8) is 0 Å². The maximum atomic E-state index is 11.2. The summed E-state index contributed by atoms with van der Waals surface area (Å²) >= 11 is 0. The maximum absolute atomic E-state index is 11.2. The number of allylic oxidation sites excluding steroid dienone is 1. The largest absolute Gasteiger partial charge is 0.460 e. The fraction of sp³-hybridized carbons (Fsp3) is 0.769. The molecular weight excluding hydrogens is 284 g/mol. The SMILES string of the molecule is CC=C(C)C(=O)OCCOCCOCCOCCO.S. The highest BCUT2D eigenvalue weighted by Crippen LogP contribution is 1.95. The van der Waals surface area contributed by atoms with E-state index in [2.05, 4.69) is 0 Å². The lowest BCUT2D eigenvalue weighted by Gasteiger charge is -2.07. The van der Waals surface area contributed by atoms with Crippen LogP contribution in [0, 0.1) is 0 Å². The fourth-order valence-electron chi connectivity index (χ4n) is 1.03. The normalized spacial score (nSPS) is 11.1.